The van der Waals surface area contributed by atoms with Crippen LogP contribution in [0, 0.1) is 12.7 Å². The van der Waals surface area contributed by atoms with E-state index in [1.165, 1.54) is 28.9 Å². The topological polar surface area (TPSA) is 195 Å². The van der Waals surface area contributed by atoms with Gasteiger partial charge in [0.2, 0.25) is 35.4 Å². The summed E-state index contributed by atoms with van der Waals surface area (Å²) in [6.45, 7) is 2.82. The van der Waals surface area contributed by atoms with E-state index in [4.69, 9.17) is 16.3 Å². The van der Waals surface area contributed by atoms with E-state index < -0.39 is 103 Å². The van der Waals surface area contributed by atoms with Gasteiger partial charge in [-0.1, -0.05) is 47.5 Å². The van der Waals surface area contributed by atoms with Crippen LogP contribution < -0.4 is 16.0 Å². The van der Waals surface area contributed by atoms with Gasteiger partial charge in [-0.25, -0.2) is 9.18 Å². The third kappa shape index (κ3) is 9.72. The van der Waals surface area contributed by atoms with E-state index in [2.05, 4.69) is 16.0 Å². The van der Waals surface area contributed by atoms with Crippen LogP contribution in [0.5, 0.6) is 0 Å². The van der Waals surface area contributed by atoms with Crippen molar-refractivity contribution in [2.24, 2.45) is 0 Å². The average Bonchev–Trinajstić information content (AvgIpc) is 3.83. The van der Waals surface area contributed by atoms with Crippen molar-refractivity contribution in [3.63, 3.8) is 0 Å². The number of carbonyl (C=O) groups excluding carboxylic acids is 7. The first-order valence-electron chi connectivity index (χ1n) is 19.4. The third-order valence-corrected chi connectivity index (χ3v) is 11.3. The van der Waals surface area contributed by atoms with Gasteiger partial charge in [-0.15, -0.1) is 0 Å². The number of aliphatic hydroxyl groups excluding tert-OH is 1. The number of piperidine rings is 1. The minimum Gasteiger partial charge on any atom is -0.461 e. The Hall–Kier alpha value is -5.09. The van der Waals surface area contributed by atoms with Crippen molar-refractivity contribution in [1.82, 2.24) is 30.7 Å². The molecule has 17 heteroatoms. The van der Waals surface area contributed by atoms with E-state index in [0.29, 0.717) is 31.2 Å². The number of rotatable bonds is 7. The van der Waals surface area contributed by atoms with Crippen LogP contribution in [0.3, 0.4) is 0 Å². The highest BCUT2D eigenvalue weighted by atomic mass is 35.5. The van der Waals surface area contributed by atoms with E-state index in [1.807, 2.05) is 19.1 Å². The Kier molecular flexibility index (Phi) is 13.1. The summed E-state index contributed by atoms with van der Waals surface area (Å²) in [6.07, 6.45) is 0.562. The van der Waals surface area contributed by atoms with Crippen LogP contribution >= 0.6 is 11.6 Å². The van der Waals surface area contributed by atoms with Crippen molar-refractivity contribution in [1.29, 1.82) is 0 Å². The number of nitrogens with one attached hydrogen (secondary N) is 3. The van der Waals surface area contributed by atoms with Crippen molar-refractivity contribution in [3.05, 3.63) is 70.0 Å². The minimum atomic E-state index is -1.61. The Balaban J connectivity index is 1.31. The van der Waals surface area contributed by atoms with Crippen LogP contribution in [0.2, 0.25) is 5.02 Å². The van der Waals surface area contributed by atoms with Crippen LogP contribution in [0.25, 0.3) is 0 Å². The number of benzene rings is 2. The molecule has 0 unspecified atom stereocenters. The third-order valence-electron chi connectivity index (χ3n) is 11.0. The smallest absolute Gasteiger partial charge is 0.328 e. The number of aryl methyl sites for hydroxylation is 1. The second-order valence-corrected chi connectivity index (χ2v) is 15.7. The molecule has 4 aliphatic rings. The molecule has 57 heavy (non-hydrogen) atoms. The molecule has 2 aromatic carbocycles. The summed E-state index contributed by atoms with van der Waals surface area (Å²) in [7, 11) is 0. The number of esters is 1. The Morgan fingerprint density at radius 2 is 1.68 bits per heavy atom. The lowest BCUT2D eigenvalue weighted by Crippen LogP contribution is -2.62. The predicted octanol–water partition coefficient (Wildman–Crippen LogP) is 0.938. The van der Waals surface area contributed by atoms with Crippen molar-refractivity contribution in [3.8, 4) is 0 Å². The molecule has 7 atom stereocenters. The second kappa shape index (κ2) is 18.0. The lowest BCUT2D eigenvalue weighted by molar-refractivity contribution is -0.158. The molecule has 0 aliphatic carbocycles. The quantitative estimate of drug-likeness (QED) is 0.295. The molecule has 4 fully saturated rings. The highest BCUT2D eigenvalue weighted by Crippen LogP contribution is 2.27. The minimum absolute atomic E-state index is 0.0387. The van der Waals surface area contributed by atoms with Crippen LogP contribution in [0.15, 0.2) is 42.5 Å². The molecular formula is C40H48ClFN6O9. The Morgan fingerprint density at radius 3 is 2.44 bits per heavy atom. The number of amides is 6. The first kappa shape index (κ1) is 41.5. The first-order chi connectivity index (χ1) is 27.2. The van der Waals surface area contributed by atoms with E-state index in [1.54, 1.807) is 12.1 Å². The van der Waals surface area contributed by atoms with Gasteiger partial charge in [0.25, 0.3) is 0 Å². The van der Waals surface area contributed by atoms with Crippen molar-refractivity contribution >= 4 is 53.0 Å². The summed E-state index contributed by atoms with van der Waals surface area (Å²) in [6, 6.07) is 3.95. The fourth-order valence-corrected chi connectivity index (χ4v) is 8.28. The normalized spacial score (nSPS) is 26.5. The summed E-state index contributed by atoms with van der Waals surface area (Å²) in [5.41, 5.74) is 1.58. The molecule has 4 heterocycles. The number of aliphatic hydroxyl groups is 1. The fraction of sp³-hybridized carbons (Fsp3) is 0.525. The second-order valence-electron chi connectivity index (χ2n) is 15.3. The number of fused-ring (bicyclic) bond motifs is 3. The van der Waals surface area contributed by atoms with Crippen LogP contribution in [0.4, 0.5) is 4.39 Å². The Labute approximate surface area is 334 Å². The predicted molar refractivity (Wildman–Crippen MR) is 203 cm³/mol. The number of cyclic esters (lactones) is 1. The largest absolute Gasteiger partial charge is 0.461 e. The SMILES string of the molecule is Cc1cccc(C[C@H](NC(=O)Cc2ccc(Cl)cc2F)C(=O)N[C@H]2COC(=O)[C@@H]3CCCN3C(=O)[C@H](C)NC(=O)[C@@H]3CCCCN3C(=O)[C@@H]3C[C@@H](O)CN3C2=O)c1. The standard InChI is InChI=1S/C40H48ClFN6O9/c1-22-7-5-8-24(15-22)16-29(44-34(50)17-25-11-12-26(41)18-28(25)42)35(51)45-30-21-57-40(56)32-10-6-14-47(32)37(53)23(2)43-36(52)31-9-3-4-13-46(31)39(55)33-19-27(49)20-48(33)38(30)54/h5,7-8,11-12,15,18,23,27,29-33,49H,3-4,6,9-10,13-14,16-17,19-21H2,1-2H3,(H,43,52)(H,44,50)(H,45,51)/t23-,27+,29-,30-,31-,32-,33-/m0/s1. The van der Waals surface area contributed by atoms with Gasteiger partial charge in [0.05, 0.1) is 12.5 Å². The molecule has 4 N–H and O–H groups in total. The molecule has 4 aliphatic heterocycles. The van der Waals surface area contributed by atoms with E-state index in [0.717, 1.165) is 16.5 Å². The maximum Gasteiger partial charge on any atom is 0.328 e. The van der Waals surface area contributed by atoms with Gasteiger partial charge in [0.1, 0.15) is 48.7 Å². The molecule has 0 aromatic heterocycles. The average molecular weight is 811 g/mol. The first-order valence-corrected chi connectivity index (χ1v) is 19.7. The zero-order valence-electron chi connectivity index (χ0n) is 31.9. The highest BCUT2D eigenvalue weighted by molar-refractivity contribution is 6.30. The van der Waals surface area contributed by atoms with E-state index >= 15 is 0 Å². The van der Waals surface area contributed by atoms with Gasteiger partial charge < -0.3 is 40.5 Å². The monoisotopic (exact) mass is 810 g/mol. The molecule has 0 bridgehead atoms. The van der Waals surface area contributed by atoms with Crippen molar-refractivity contribution < 1.29 is 47.8 Å². The summed E-state index contributed by atoms with van der Waals surface area (Å²) < 4.78 is 20.3. The molecule has 15 nitrogen and oxygen atoms in total. The molecule has 0 radical (unpaired) electrons. The molecule has 0 spiro atoms. The fourth-order valence-electron chi connectivity index (χ4n) is 8.12. The van der Waals surface area contributed by atoms with Gasteiger partial charge in [-0.2, -0.15) is 0 Å². The van der Waals surface area contributed by atoms with Crippen molar-refractivity contribution in [2.45, 2.75) is 108 Å². The zero-order valence-corrected chi connectivity index (χ0v) is 32.6. The molecule has 6 rings (SSSR count). The van der Waals surface area contributed by atoms with Gasteiger partial charge in [-0.05, 0) is 69.2 Å². The summed E-state index contributed by atoms with van der Waals surface area (Å²) in [4.78, 5) is 101. The molecule has 2 aromatic rings. The van der Waals surface area contributed by atoms with Crippen LogP contribution in [-0.2, 0) is 51.1 Å². The number of nitrogens with zero attached hydrogens (tertiary/aromatic N) is 3. The summed E-state index contributed by atoms with van der Waals surface area (Å²) in [5.74, 6) is -5.55. The Morgan fingerprint density at radius 1 is 0.947 bits per heavy atom. The summed E-state index contributed by atoms with van der Waals surface area (Å²) in [5, 5.41) is 19.0. The molecule has 6 amide bonds. The molecule has 4 saturated heterocycles. The van der Waals surface area contributed by atoms with Gasteiger partial charge in [0, 0.05) is 37.5 Å². The van der Waals surface area contributed by atoms with Gasteiger partial charge in [0.15, 0.2) is 0 Å². The summed E-state index contributed by atoms with van der Waals surface area (Å²) >= 11 is 5.88. The Bertz CT molecular complexity index is 1920. The van der Waals surface area contributed by atoms with Gasteiger partial charge >= 0.3 is 5.97 Å². The number of carbonyl (C=O) groups is 7. The van der Waals surface area contributed by atoms with Crippen molar-refractivity contribution in [2.75, 3.05) is 26.2 Å². The zero-order chi connectivity index (χ0) is 41.0. The van der Waals surface area contributed by atoms with E-state index in [-0.39, 0.29) is 49.5 Å². The number of ether oxygens (including phenoxy) is 1. The lowest BCUT2D eigenvalue weighted by atomic mass is 9.99. The number of halogens is 2. The van der Waals surface area contributed by atoms with Crippen LogP contribution in [-0.4, -0.2) is 130 Å². The van der Waals surface area contributed by atoms with E-state index in [9.17, 15) is 43.1 Å². The number of hydrogen-bond donors (Lipinski definition) is 4. The van der Waals surface area contributed by atoms with Gasteiger partial charge in [-0.3, -0.25) is 28.8 Å². The molecular weight excluding hydrogens is 763 g/mol. The maximum atomic E-state index is 14.6. The number of hydrogen-bond acceptors (Lipinski definition) is 9. The molecule has 0 saturated carbocycles. The highest BCUT2D eigenvalue weighted by Gasteiger charge is 2.47. The lowest BCUT2D eigenvalue weighted by Gasteiger charge is -2.39. The molecule has 306 valence electrons. The van der Waals surface area contributed by atoms with Crippen LogP contribution in [0.1, 0.15) is 62.1 Å². The maximum absolute atomic E-state index is 14.6.